The van der Waals surface area contributed by atoms with E-state index >= 15 is 0 Å². The van der Waals surface area contributed by atoms with Crippen LogP contribution in [-0.4, -0.2) is 42.9 Å². The van der Waals surface area contributed by atoms with Crippen molar-refractivity contribution < 1.29 is 23.9 Å². The maximum atomic E-state index is 14.0. The zero-order valence-corrected chi connectivity index (χ0v) is 22.7. The van der Waals surface area contributed by atoms with Crippen LogP contribution in [0.1, 0.15) is 64.5 Å². The highest BCUT2D eigenvalue weighted by atomic mass is 32.1. The van der Waals surface area contributed by atoms with Crippen LogP contribution < -0.4 is 10.1 Å². The van der Waals surface area contributed by atoms with Gasteiger partial charge in [-0.25, -0.2) is 4.79 Å². The number of hydrogen-bond donors (Lipinski definition) is 1. The van der Waals surface area contributed by atoms with E-state index in [1.54, 1.807) is 36.3 Å². The molecule has 0 bridgehead atoms. The van der Waals surface area contributed by atoms with E-state index in [-0.39, 0.29) is 30.8 Å². The molecule has 7 nitrogen and oxygen atoms in total. The molecular formula is C30H34N2O5S. The Morgan fingerprint density at radius 3 is 2.37 bits per heavy atom. The van der Waals surface area contributed by atoms with Crippen molar-refractivity contribution in [3.8, 4) is 5.75 Å². The summed E-state index contributed by atoms with van der Waals surface area (Å²) < 4.78 is 10.4. The van der Waals surface area contributed by atoms with Gasteiger partial charge in [-0.3, -0.25) is 9.59 Å². The number of nitrogens with one attached hydrogen (secondary N) is 1. The zero-order valence-electron chi connectivity index (χ0n) is 21.9. The molecule has 3 aromatic rings. The number of ether oxygens (including phenoxy) is 2. The third-order valence-electron chi connectivity index (χ3n) is 6.92. The lowest BCUT2D eigenvalue weighted by molar-refractivity contribution is -0.141. The van der Waals surface area contributed by atoms with Gasteiger partial charge in [-0.15, -0.1) is 11.3 Å². The number of hydrogen-bond acceptors (Lipinski definition) is 6. The summed E-state index contributed by atoms with van der Waals surface area (Å²) in [5.41, 5.74) is 1.81. The van der Waals surface area contributed by atoms with Crippen molar-refractivity contribution >= 4 is 29.1 Å². The van der Waals surface area contributed by atoms with E-state index in [1.165, 1.54) is 24.9 Å². The molecule has 0 aliphatic heterocycles. The Kier molecular flexibility index (Phi) is 9.54. The topological polar surface area (TPSA) is 84.9 Å². The van der Waals surface area contributed by atoms with Gasteiger partial charge in [0.15, 0.2) is 0 Å². The molecule has 1 aliphatic carbocycles. The second kappa shape index (κ2) is 13.2. The van der Waals surface area contributed by atoms with Crippen molar-refractivity contribution in [2.24, 2.45) is 0 Å². The molecule has 0 radical (unpaired) electrons. The predicted octanol–water partition coefficient (Wildman–Crippen LogP) is 5.30. The van der Waals surface area contributed by atoms with Gasteiger partial charge < -0.3 is 19.7 Å². The molecule has 4 rings (SSSR count). The zero-order chi connectivity index (χ0) is 26.9. The molecule has 1 heterocycles. The van der Waals surface area contributed by atoms with E-state index in [2.05, 4.69) is 5.32 Å². The van der Waals surface area contributed by atoms with Crippen LogP contribution in [0.5, 0.6) is 5.75 Å². The van der Waals surface area contributed by atoms with Crippen LogP contribution >= 0.6 is 11.3 Å². The molecule has 1 fully saturated rings. The van der Waals surface area contributed by atoms with Crippen LogP contribution in [0.3, 0.4) is 0 Å². The van der Waals surface area contributed by atoms with Gasteiger partial charge >= 0.3 is 5.97 Å². The molecule has 1 aromatic heterocycles. The number of amides is 2. The molecule has 200 valence electrons. The minimum absolute atomic E-state index is 0.0774. The lowest BCUT2D eigenvalue weighted by Crippen LogP contribution is -2.47. The van der Waals surface area contributed by atoms with Gasteiger partial charge in [-0.2, -0.15) is 0 Å². The van der Waals surface area contributed by atoms with Gasteiger partial charge in [0.2, 0.25) is 11.8 Å². The fourth-order valence-corrected chi connectivity index (χ4v) is 5.62. The van der Waals surface area contributed by atoms with Gasteiger partial charge in [0, 0.05) is 16.5 Å². The summed E-state index contributed by atoms with van der Waals surface area (Å²) in [6.07, 6.45) is 5.35. The summed E-state index contributed by atoms with van der Waals surface area (Å²) in [7, 11) is 2.92. The second-order valence-corrected chi connectivity index (χ2v) is 10.5. The minimum Gasteiger partial charge on any atom is -0.496 e. The minimum atomic E-state index is -0.888. The Bertz CT molecular complexity index is 1220. The normalized spacial score (nSPS) is 14.4. The molecule has 0 saturated heterocycles. The molecule has 1 atom stereocenters. The quantitative estimate of drug-likeness (QED) is 0.357. The highest BCUT2D eigenvalue weighted by Gasteiger charge is 2.33. The van der Waals surface area contributed by atoms with E-state index in [1.807, 2.05) is 41.8 Å². The smallest absolute Gasteiger partial charge is 0.337 e. The maximum absolute atomic E-state index is 14.0. The highest BCUT2D eigenvalue weighted by molar-refractivity contribution is 7.10. The van der Waals surface area contributed by atoms with Crippen molar-refractivity contribution in [3.63, 3.8) is 0 Å². The first-order valence-electron chi connectivity index (χ1n) is 12.9. The van der Waals surface area contributed by atoms with Crippen molar-refractivity contribution in [3.05, 3.63) is 87.6 Å². The molecule has 1 saturated carbocycles. The average molecular weight is 535 g/mol. The van der Waals surface area contributed by atoms with Gasteiger partial charge in [-0.1, -0.05) is 55.7 Å². The molecule has 1 N–H and O–H groups in total. The number of carbonyl (C=O) groups excluding carboxylic acids is 3. The fraction of sp³-hybridized carbons (Fsp3) is 0.367. The number of carbonyl (C=O) groups is 3. The van der Waals surface area contributed by atoms with E-state index in [9.17, 15) is 14.4 Å². The number of para-hydroxylation sites is 1. The molecule has 2 aromatic carbocycles. The van der Waals surface area contributed by atoms with E-state index in [4.69, 9.17) is 9.47 Å². The van der Waals surface area contributed by atoms with Crippen LogP contribution in [0.4, 0.5) is 0 Å². The number of nitrogens with zero attached hydrogens (tertiary/aromatic N) is 1. The number of benzene rings is 2. The van der Waals surface area contributed by atoms with Crippen molar-refractivity contribution in [1.29, 1.82) is 0 Å². The number of rotatable bonds is 10. The average Bonchev–Trinajstić information content (AvgIpc) is 3.46. The van der Waals surface area contributed by atoms with Gasteiger partial charge in [0.1, 0.15) is 11.8 Å². The van der Waals surface area contributed by atoms with E-state index in [0.29, 0.717) is 16.9 Å². The Morgan fingerprint density at radius 1 is 0.974 bits per heavy atom. The summed E-state index contributed by atoms with van der Waals surface area (Å²) in [5.74, 6) is -0.204. The Hall–Kier alpha value is -3.65. The van der Waals surface area contributed by atoms with Crippen molar-refractivity contribution in [2.75, 3.05) is 14.2 Å². The summed E-state index contributed by atoms with van der Waals surface area (Å²) in [6.45, 7) is 0.190. The first kappa shape index (κ1) is 27.4. The molecule has 2 amide bonds. The van der Waals surface area contributed by atoms with Crippen LogP contribution in [0, 0.1) is 0 Å². The first-order valence-corrected chi connectivity index (χ1v) is 13.8. The molecule has 8 heteroatoms. The van der Waals surface area contributed by atoms with Gasteiger partial charge in [-0.05, 0) is 48.1 Å². The first-order chi connectivity index (χ1) is 18.5. The third-order valence-corrected chi connectivity index (χ3v) is 7.79. The standard InChI is InChI=1S/C30H34N2O5S/c1-36-26-13-7-6-9-23(26)20-32(27(33)19-25-12-8-18-38-25)28(29(34)31-24-10-4-3-5-11-24)21-14-16-22(17-15-21)30(35)37-2/h6-9,12-18,24,28H,3-5,10-11,19-20H2,1-2H3,(H,31,34). The Morgan fingerprint density at radius 2 is 1.71 bits per heavy atom. The largest absolute Gasteiger partial charge is 0.496 e. The summed E-state index contributed by atoms with van der Waals surface area (Å²) in [4.78, 5) is 42.4. The number of thiophene rings is 1. The number of methoxy groups -OCH3 is 2. The van der Waals surface area contributed by atoms with Crippen LogP contribution in [0.2, 0.25) is 0 Å². The molecule has 0 spiro atoms. The predicted molar refractivity (Wildman–Crippen MR) is 147 cm³/mol. The van der Waals surface area contributed by atoms with Crippen LogP contribution in [0.15, 0.2) is 66.0 Å². The Labute approximate surface area is 227 Å². The van der Waals surface area contributed by atoms with Gasteiger partial charge in [0.25, 0.3) is 0 Å². The van der Waals surface area contributed by atoms with Crippen molar-refractivity contribution in [2.45, 2.75) is 57.2 Å². The van der Waals surface area contributed by atoms with E-state index in [0.717, 1.165) is 36.1 Å². The molecule has 1 aliphatic rings. The molecule has 38 heavy (non-hydrogen) atoms. The summed E-state index contributed by atoms with van der Waals surface area (Å²) in [5, 5.41) is 5.16. The third kappa shape index (κ3) is 6.81. The lowest BCUT2D eigenvalue weighted by atomic mass is 9.94. The summed E-state index contributed by atoms with van der Waals surface area (Å²) in [6, 6.07) is 17.3. The summed E-state index contributed by atoms with van der Waals surface area (Å²) >= 11 is 1.51. The Balaban J connectivity index is 1.73. The van der Waals surface area contributed by atoms with E-state index < -0.39 is 12.0 Å². The number of esters is 1. The second-order valence-electron chi connectivity index (χ2n) is 9.45. The van der Waals surface area contributed by atoms with Gasteiger partial charge in [0.05, 0.1) is 32.7 Å². The maximum Gasteiger partial charge on any atom is 0.337 e. The fourth-order valence-electron chi connectivity index (χ4n) is 4.92. The molecule has 1 unspecified atom stereocenters. The van der Waals surface area contributed by atoms with Crippen molar-refractivity contribution in [1.82, 2.24) is 10.2 Å². The van der Waals surface area contributed by atoms with Crippen LogP contribution in [0.25, 0.3) is 0 Å². The van der Waals surface area contributed by atoms with Crippen LogP contribution in [-0.2, 0) is 27.3 Å². The highest BCUT2D eigenvalue weighted by Crippen LogP contribution is 2.29. The monoisotopic (exact) mass is 534 g/mol. The lowest BCUT2D eigenvalue weighted by Gasteiger charge is -2.34. The molecular weight excluding hydrogens is 500 g/mol. The SMILES string of the molecule is COC(=O)c1ccc(C(C(=O)NC2CCCCC2)N(Cc2ccccc2OC)C(=O)Cc2cccs2)cc1.